The van der Waals surface area contributed by atoms with Crippen LogP contribution in [0.15, 0.2) is 18.2 Å². The Kier molecular flexibility index (Phi) is 2.46. The molecule has 3 nitrogen and oxygen atoms in total. The largest absolute Gasteiger partial charge is 0.449 e. The summed E-state index contributed by atoms with van der Waals surface area (Å²) >= 11 is 3.13. The number of alkyl halides is 1. The van der Waals surface area contributed by atoms with Crippen molar-refractivity contribution in [2.24, 2.45) is 0 Å². The number of fused-ring (bicyclic) bond motifs is 1. The molecule has 0 radical (unpaired) electrons. The van der Waals surface area contributed by atoms with Crippen molar-refractivity contribution in [1.82, 2.24) is 0 Å². The topological polar surface area (TPSA) is 35.5 Å². The van der Waals surface area contributed by atoms with Crippen LogP contribution in [0.1, 0.15) is 24.2 Å². The lowest BCUT2D eigenvalue weighted by Gasteiger charge is -2.16. The second-order valence-electron chi connectivity index (χ2n) is 3.82. The van der Waals surface area contributed by atoms with Gasteiger partial charge in [-0.1, -0.05) is 15.9 Å². The van der Waals surface area contributed by atoms with E-state index in [4.69, 9.17) is 9.47 Å². The lowest BCUT2D eigenvalue weighted by molar-refractivity contribution is -0.0431. The summed E-state index contributed by atoms with van der Waals surface area (Å²) in [5.74, 6) is 0.710. The highest BCUT2D eigenvalue weighted by atomic mass is 79.9. The summed E-state index contributed by atoms with van der Waals surface area (Å²) in [5, 5.41) is 0.316. The molecule has 0 aliphatic carbocycles. The SMILES string of the molecule is CC1(C)Oc2ccc(C(=O)CBr)cc2O1. The molecule has 0 aromatic heterocycles. The van der Waals surface area contributed by atoms with Gasteiger partial charge in [0.15, 0.2) is 17.3 Å². The summed E-state index contributed by atoms with van der Waals surface area (Å²) < 4.78 is 11.1. The zero-order valence-corrected chi connectivity index (χ0v) is 10.1. The summed E-state index contributed by atoms with van der Waals surface area (Å²) in [4.78, 5) is 11.4. The minimum atomic E-state index is -0.640. The fraction of sp³-hybridized carbons (Fsp3) is 0.364. The van der Waals surface area contributed by atoms with E-state index in [1.54, 1.807) is 18.2 Å². The number of carbonyl (C=O) groups excluding carboxylic acids is 1. The van der Waals surface area contributed by atoms with E-state index in [1.165, 1.54) is 0 Å². The molecule has 0 fully saturated rings. The van der Waals surface area contributed by atoms with Crippen molar-refractivity contribution in [2.75, 3.05) is 5.33 Å². The highest BCUT2D eigenvalue weighted by molar-refractivity contribution is 9.09. The number of hydrogen-bond acceptors (Lipinski definition) is 3. The predicted molar refractivity (Wildman–Crippen MR) is 59.9 cm³/mol. The molecular formula is C11H11BrO3. The summed E-state index contributed by atoms with van der Waals surface area (Å²) in [7, 11) is 0. The average Bonchev–Trinajstić information content (AvgIpc) is 2.49. The van der Waals surface area contributed by atoms with Crippen LogP contribution in [0.4, 0.5) is 0 Å². The molecule has 1 aliphatic heterocycles. The summed E-state index contributed by atoms with van der Waals surface area (Å²) in [6.45, 7) is 3.66. The Bertz CT molecular complexity index is 412. The molecule has 0 amide bonds. The van der Waals surface area contributed by atoms with Gasteiger partial charge in [0.05, 0.1) is 5.33 Å². The predicted octanol–water partition coefficient (Wildman–Crippen LogP) is 2.77. The summed E-state index contributed by atoms with van der Waals surface area (Å²) in [6.07, 6.45) is 0. The number of rotatable bonds is 2. The van der Waals surface area contributed by atoms with E-state index < -0.39 is 5.79 Å². The molecule has 0 unspecified atom stereocenters. The van der Waals surface area contributed by atoms with Gasteiger partial charge >= 0.3 is 0 Å². The van der Waals surface area contributed by atoms with Gasteiger partial charge in [0.1, 0.15) is 0 Å². The number of benzene rings is 1. The lowest BCUT2D eigenvalue weighted by Crippen LogP contribution is -2.29. The number of halogens is 1. The van der Waals surface area contributed by atoms with Gasteiger partial charge in [-0.2, -0.15) is 0 Å². The van der Waals surface area contributed by atoms with Crippen LogP contribution >= 0.6 is 15.9 Å². The third-order valence-corrected chi connectivity index (χ3v) is 2.61. The number of ketones is 1. The third-order valence-electron chi connectivity index (χ3n) is 2.10. The van der Waals surface area contributed by atoms with Crippen LogP contribution in [0.5, 0.6) is 11.5 Å². The van der Waals surface area contributed by atoms with Crippen molar-refractivity contribution in [3.8, 4) is 11.5 Å². The maximum absolute atomic E-state index is 11.4. The number of ether oxygens (including phenoxy) is 2. The Hall–Kier alpha value is -1.03. The second kappa shape index (κ2) is 3.52. The Morgan fingerprint density at radius 1 is 1.33 bits per heavy atom. The molecule has 0 atom stereocenters. The zero-order valence-electron chi connectivity index (χ0n) is 8.54. The van der Waals surface area contributed by atoms with Crippen molar-refractivity contribution in [1.29, 1.82) is 0 Å². The van der Waals surface area contributed by atoms with Gasteiger partial charge in [-0.3, -0.25) is 4.79 Å². The van der Waals surface area contributed by atoms with Crippen LogP contribution in [0.25, 0.3) is 0 Å². The van der Waals surface area contributed by atoms with Crippen LogP contribution in [0.3, 0.4) is 0 Å². The van der Waals surface area contributed by atoms with Gasteiger partial charge in [0, 0.05) is 19.4 Å². The van der Waals surface area contributed by atoms with Gasteiger partial charge in [0.2, 0.25) is 5.79 Å². The Balaban J connectivity index is 2.34. The average molecular weight is 271 g/mol. The minimum Gasteiger partial charge on any atom is -0.449 e. The highest BCUT2D eigenvalue weighted by Crippen LogP contribution is 2.39. The first-order chi connectivity index (χ1) is 7.02. The lowest BCUT2D eigenvalue weighted by atomic mass is 10.1. The molecule has 0 bridgehead atoms. The molecule has 1 aromatic rings. The van der Waals surface area contributed by atoms with E-state index in [2.05, 4.69) is 15.9 Å². The Morgan fingerprint density at radius 2 is 2.00 bits per heavy atom. The Morgan fingerprint density at radius 3 is 2.67 bits per heavy atom. The van der Waals surface area contributed by atoms with Crippen LogP contribution < -0.4 is 9.47 Å². The monoisotopic (exact) mass is 270 g/mol. The molecule has 4 heteroatoms. The number of carbonyl (C=O) groups is 1. The van der Waals surface area contributed by atoms with Gasteiger partial charge < -0.3 is 9.47 Å². The molecule has 0 saturated carbocycles. The van der Waals surface area contributed by atoms with Crippen LogP contribution in [-0.2, 0) is 0 Å². The zero-order chi connectivity index (χ0) is 11.1. The quantitative estimate of drug-likeness (QED) is 0.613. The first-order valence-electron chi connectivity index (χ1n) is 4.63. The van der Waals surface area contributed by atoms with E-state index in [1.807, 2.05) is 13.8 Å². The smallest absolute Gasteiger partial charge is 0.246 e. The van der Waals surface area contributed by atoms with Crippen LogP contribution in [0, 0.1) is 0 Å². The maximum atomic E-state index is 11.4. The Labute approximate surface area is 96.5 Å². The molecular weight excluding hydrogens is 260 g/mol. The van der Waals surface area contributed by atoms with E-state index in [-0.39, 0.29) is 5.78 Å². The highest BCUT2D eigenvalue weighted by Gasteiger charge is 2.31. The molecule has 1 aromatic carbocycles. The molecule has 15 heavy (non-hydrogen) atoms. The van der Waals surface area contributed by atoms with Crippen molar-refractivity contribution in [3.05, 3.63) is 23.8 Å². The van der Waals surface area contributed by atoms with Crippen molar-refractivity contribution in [2.45, 2.75) is 19.6 Å². The van der Waals surface area contributed by atoms with E-state index in [0.717, 1.165) is 0 Å². The molecule has 80 valence electrons. The fourth-order valence-corrected chi connectivity index (χ4v) is 1.80. The van der Waals surface area contributed by atoms with Crippen molar-refractivity contribution >= 4 is 21.7 Å². The second-order valence-corrected chi connectivity index (χ2v) is 4.38. The third kappa shape index (κ3) is 2.00. The molecule has 0 N–H and O–H groups in total. The maximum Gasteiger partial charge on any atom is 0.246 e. The van der Waals surface area contributed by atoms with Gasteiger partial charge in [0.25, 0.3) is 0 Å². The van der Waals surface area contributed by atoms with Crippen molar-refractivity contribution in [3.63, 3.8) is 0 Å². The van der Waals surface area contributed by atoms with E-state index in [0.29, 0.717) is 22.4 Å². The van der Waals surface area contributed by atoms with Gasteiger partial charge in [-0.25, -0.2) is 0 Å². The first-order valence-corrected chi connectivity index (χ1v) is 5.75. The molecule has 1 aliphatic rings. The molecule has 1 heterocycles. The summed E-state index contributed by atoms with van der Waals surface area (Å²) in [6, 6.07) is 5.22. The van der Waals surface area contributed by atoms with Crippen molar-refractivity contribution < 1.29 is 14.3 Å². The minimum absolute atomic E-state index is 0.0334. The molecule has 0 saturated heterocycles. The molecule has 0 spiro atoms. The van der Waals surface area contributed by atoms with Gasteiger partial charge in [-0.15, -0.1) is 0 Å². The van der Waals surface area contributed by atoms with Crippen LogP contribution in [-0.4, -0.2) is 16.9 Å². The van der Waals surface area contributed by atoms with Crippen LogP contribution in [0.2, 0.25) is 0 Å². The van der Waals surface area contributed by atoms with E-state index in [9.17, 15) is 4.79 Å². The molecule has 2 rings (SSSR count). The fourth-order valence-electron chi connectivity index (χ4n) is 1.47. The van der Waals surface area contributed by atoms with E-state index >= 15 is 0 Å². The standard InChI is InChI=1S/C11H11BrO3/c1-11(2)14-9-4-3-7(8(13)6-12)5-10(9)15-11/h3-5H,6H2,1-2H3. The summed E-state index contributed by atoms with van der Waals surface area (Å²) in [5.41, 5.74) is 0.631. The first kappa shape index (κ1) is 10.5. The normalized spacial score (nSPS) is 16.5. The van der Waals surface area contributed by atoms with Gasteiger partial charge in [-0.05, 0) is 18.2 Å². The number of hydrogen-bond donors (Lipinski definition) is 0. The number of Topliss-reactive ketones (excluding diaryl/α,β-unsaturated/α-hetero) is 1.